The fraction of sp³-hybridized carbons (Fsp3) is 0.240. The molecule has 3 aromatic rings. The molecule has 0 saturated carbocycles. The molecule has 2 heterocycles. The van der Waals surface area contributed by atoms with Crippen LogP contribution in [0.3, 0.4) is 0 Å². The molecule has 0 fully saturated rings. The topological polar surface area (TPSA) is 90.1 Å². The summed E-state index contributed by atoms with van der Waals surface area (Å²) < 4.78 is 13.5. The maximum atomic E-state index is 13.6. The van der Waals surface area contributed by atoms with E-state index in [1.165, 1.54) is 11.3 Å². The average molecular weight is 590 g/mol. The van der Waals surface area contributed by atoms with Gasteiger partial charge in [0.1, 0.15) is 0 Å². The molecule has 4 rings (SSSR count). The molecule has 1 unspecified atom stereocenters. The van der Waals surface area contributed by atoms with Crippen LogP contribution in [0.15, 0.2) is 63.5 Å². The van der Waals surface area contributed by atoms with E-state index in [9.17, 15) is 14.7 Å². The van der Waals surface area contributed by atoms with Crippen molar-refractivity contribution in [3.63, 3.8) is 0 Å². The highest BCUT2D eigenvalue weighted by Gasteiger charge is 2.33. The molecule has 34 heavy (non-hydrogen) atoms. The van der Waals surface area contributed by atoms with Gasteiger partial charge in [-0.15, -0.1) is 0 Å². The molecule has 7 nitrogen and oxygen atoms in total. The van der Waals surface area contributed by atoms with Crippen molar-refractivity contribution in [2.45, 2.75) is 26.8 Å². The van der Waals surface area contributed by atoms with Crippen LogP contribution >= 0.6 is 33.9 Å². The maximum Gasteiger partial charge on any atom is 0.338 e. The number of aromatic nitrogens is 1. The fourth-order valence-corrected chi connectivity index (χ4v) is 5.51. The van der Waals surface area contributed by atoms with Crippen molar-refractivity contribution in [1.82, 2.24) is 4.57 Å². The Morgan fingerprint density at radius 2 is 1.97 bits per heavy atom. The molecular weight excluding hydrogens is 567 g/mol. The van der Waals surface area contributed by atoms with Crippen molar-refractivity contribution in [2.75, 3.05) is 13.2 Å². The third-order valence-corrected chi connectivity index (χ3v) is 7.09. The molecule has 0 bridgehead atoms. The summed E-state index contributed by atoms with van der Waals surface area (Å²) in [4.78, 5) is 31.6. The molecule has 0 saturated heterocycles. The molecule has 0 spiro atoms. The van der Waals surface area contributed by atoms with Crippen LogP contribution in [0, 0.1) is 3.57 Å². The van der Waals surface area contributed by atoms with Crippen LogP contribution in [-0.2, 0) is 9.53 Å². The van der Waals surface area contributed by atoms with Crippen molar-refractivity contribution >= 4 is 46.0 Å². The first-order chi connectivity index (χ1) is 16.3. The van der Waals surface area contributed by atoms with Crippen molar-refractivity contribution in [3.8, 4) is 11.5 Å². The highest BCUT2D eigenvalue weighted by atomic mass is 127. The van der Waals surface area contributed by atoms with Gasteiger partial charge in [-0.25, -0.2) is 9.79 Å². The zero-order valence-electron chi connectivity index (χ0n) is 18.9. The van der Waals surface area contributed by atoms with E-state index in [0.29, 0.717) is 42.1 Å². The monoisotopic (exact) mass is 590 g/mol. The van der Waals surface area contributed by atoms with Crippen LogP contribution in [0.25, 0.3) is 6.08 Å². The predicted octanol–water partition coefficient (Wildman–Crippen LogP) is 3.51. The van der Waals surface area contributed by atoms with Gasteiger partial charge >= 0.3 is 5.97 Å². The number of aromatic hydroxyl groups is 1. The Morgan fingerprint density at radius 3 is 2.65 bits per heavy atom. The number of phenols is 1. The molecule has 1 aliphatic heterocycles. The van der Waals surface area contributed by atoms with E-state index in [4.69, 9.17) is 9.47 Å². The molecule has 9 heteroatoms. The lowest BCUT2D eigenvalue weighted by atomic mass is 9.96. The Hall–Kier alpha value is -2.92. The Balaban J connectivity index is 1.93. The lowest BCUT2D eigenvalue weighted by Gasteiger charge is -2.24. The Labute approximate surface area is 213 Å². The van der Waals surface area contributed by atoms with E-state index in [1.807, 2.05) is 59.8 Å². The summed E-state index contributed by atoms with van der Waals surface area (Å²) in [7, 11) is 0. The summed E-state index contributed by atoms with van der Waals surface area (Å²) in [5.74, 6) is -0.0582. The van der Waals surface area contributed by atoms with Gasteiger partial charge in [0.2, 0.25) is 0 Å². The number of allylic oxidation sites excluding steroid dienone is 1. The number of nitrogens with zero attached hydrogens (tertiary/aromatic N) is 2. The maximum absolute atomic E-state index is 13.6. The van der Waals surface area contributed by atoms with Crippen molar-refractivity contribution < 1.29 is 19.4 Å². The number of hydrogen-bond acceptors (Lipinski definition) is 7. The van der Waals surface area contributed by atoms with Crippen LogP contribution in [0.2, 0.25) is 0 Å². The molecule has 1 aromatic heterocycles. The number of hydrogen-bond donors (Lipinski definition) is 1. The molecule has 176 valence electrons. The number of rotatable bonds is 6. The molecule has 2 aromatic carbocycles. The second kappa shape index (κ2) is 10.1. The Kier molecular flexibility index (Phi) is 7.22. The van der Waals surface area contributed by atoms with Crippen molar-refractivity contribution in [2.24, 2.45) is 4.99 Å². The highest BCUT2D eigenvalue weighted by molar-refractivity contribution is 14.1. The normalized spacial score (nSPS) is 15.6. The van der Waals surface area contributed by atoms with E-state index in [0.717, 1.165) is 5.56 Å². The second-order valence-electron chi connectivity index (χ2n) is 7.50. The number of fused-ring (bicyclic) bond motifs is 1. The fourth-order valence-electron chi connectivity index (χ4n) is 3.84. The number of phenolic OH excluding ortho intramolecular Hbond substituents is 1. The van der Waals surface area contributed by atoms with E-state index in [-0.39, 0.29) is 17.9 Å². The molecule has 1 atom stereocenters. The van der Waals surface area contributed by atoms with Gasteiger partial charge in [0.15, 0.2) is 16.3 Å². The van der Waals surface area contributed by atoms with Gasteiger partial charge in [-0.05, 0) is 72.7 Å². The number of ether oxygens (including phenoxy) is 2. The predicted molar refractivity (Wildman–Crippen MR) is 139 cm³/mol. The minimum Gasteiger partial charge on any atom is -0.504 e. The SMILES string of the molecule is CCOC(=O)C1=C(C)N=c2sc(=Cc3cc(I)c(O)c(OCC)c3)c(=O)n2C1c1ccccc1. The van der Waals surface area contributed by atoms with Gasteiger partial charge in [-0.1, -0.05) is 41.7 Å². The largest absolute Gasteiger partial charge is 0.504 e. The summed E-state index contributed by atoms with van der Waals surface area (Å²) in [5, 5.41) is 10.2. The summed E-state index contributed by atoms with van der Waals surface area (Å²) in [6, 6.07) is 12.2. The summed E-state index contributed by atoms with van der Waals surface area (Å²) in [5.41, 5.74) is 2.13. The summed E-state index contributed by atoms with van der Waals surface area (Å²) in [6.07, 6.45) is 1.75. The van der Waals surface area contributed by atoms with Gasteiger partial charge in [0.05, 0.1) is 38.6 Å². The molecule has 0 radical (unpaired) electrons. The molecular formula is C25H23IN2O5S. The summed E-state index contributed by atoms with van der Waals surface area (Å²) in [6.45, 7) is 5.97. The third-order valence-electron chi connectivity index (χ3n) is 5.28. The number of halogens is 1. The number of carbonyl (C=O) groups is 1. The first kappa shape index (κ1) is 24.2. The standard InChI is InChI=1S/C25H23IN2O5S/c1-4-32-18-12-15(11-17(26)22(18)29)13-19-23(30)28-21(16-9-7-6-8-10-16)20(24(31)33-5-2)14(3)27-25(28)34-19/h6-13,21,29H,4-5H2,1-3H3. The minimum atomic E-state index is -0.641. The number of carbonyl (C=O) groups excluding carboxylic acids is 1. The quantitative estimate of drug-likeness (QED) is 0.351. The zero-order valence-corrected chi connectivity index (χ0v) is 21.8. The van der Waals surface area contributed by atoms with Gasteiger partial charge < -0.3 is 14.6 Å². The lowest BCUT2D eigenvalue weighted by molar-refractivity contribution is -0.139. The molecule has 0 amide bonds. The van der Waals surface area contributed by atoms with Crippen LogP contribution in [0.5, 0.6) is 11.5 Å². The van der Waals surface area contributed by atoms with Crippen LogP contribution in [0.4, 0.5) is 0 Å². The van der Waals surface area contributed by atoms with Crippen LogP contribution < -0.4 is 19.6 Å². The van der Waals surface area contributed by atoms with E-state index in [2.05, 4.69) is 4.99 Å². The number of esters is 1. The average Bonchev–Trinajstić information content (AvgIpc) is 3.11. The third kappa shape index (κ3) is 4.54. The Morgan fingerprint density at radius 1 is 1.24 bits per heavy atom. The molecule has 1 aliphatic rings. The van der Waals surface area contributed by atoms with Gasteiger partial charge in [0, 0.05) is 0 Å². The van der Waals surface area contributed by atoms with Gasteiger partial charge in [0.25, 0.3) is 5.56 Å². The van der Waals surface area contributed by atoms with Crippen LogP contribution in [-0.4, -0.2) is 28.9 Å². The summed E-state index contributed by atoms with van der Waals surface area (Å²) >= 11 is 3.28. The minimum absolute atomic E-state index is 0.0693. The van der Waals surface area contributed by atoms with Gasteiger partial charge in [-0.3, -0.25) is 9.36 Å². The van der Waals surface area contributed by atoms with Gasteiger partial charge in [-0.2, -0.15) is 0 Å². The van der Waals surface area contributed by atoms with Crippen molar-refractivity contribution in [3.05, 3.63) is 88.1 Å². The first-order valence-corrected chi connectivity index (χ1v) is 12.6. The smallest absolute Gasteiger partial charge is 0.338 e. The van der Waals surface area contributed by atoms with E-state index < -0.39 is 12.0 Å². The van der Waals surface area contributed by atoms with Crippen molar-refractivity contribution in [1.29, 1.82) is 0 Å². The number of benzene rings is 2. The molecule has 0 aliphatic carbocycles. The highest BCUT2D eigenvalue weighted by Crippen LogP contribution is 2.33. The van der Waals surface area contributed by atoms with E-state index >= 15 is 0 Å². The Bertz CT molecular complexity index is 1460. The van der Waals surface area contributed by atoms with E-state index in [1.54, 1.807) is 36.6 Å². The molecule has 1 N–H and O–H groups in total. The second-order valence-corrected chi connectivity index (χ2v) is 9.67. The first-order valence-electron chi connectivity index (χ1n) is 10.8. The van der Waals surface area contributed by atoms with Crippen LogP contribution in [0.1, 0.15) is 37.9 Å². The number of thiazole rings is 1. The lowest BCUT2D eigenvalue weighted by Crippen LogP contribution is -2.39. The zero-order chi connectivity index (χ0) is 24.4.